The van der Waals surface area contributed by atoms with Gasteiger partial charge in [0.2, 0.25) is 5.91 Å². The standard InChI is InChI=1S/C25H26N2O5/c28-23(27-10-9-15(13-27)24(29)30)21-11-16(21)12-26-25(31)32-14-22-19-7-3-1-5-17(19)18-6-2-4-8-20(18)22/h1-8,15-16,21-22H,9-14H2,(H,26,31)(H,29,30)/t15?,16-,21-/m1/s1. The van der Waals surface area contributed by atoms with E-state index in [-0.39, 0.29) is 36.8 Å². The van der Waals surface area contributed by atoms with Crippen molar-refractivity contribution in [1.29, 1.82) is 0 Å². The normalized spacial score (nSPS) is 23.4. The molecule has 2 amide bonds. The number of carbonyl (C=O) groups excluding carboxylic acids is 2. The third-order valence-corrected chi connectivity index (χ3v) is 6.94. The fourth-order valence-corrected chi connectivity index (χ4v) is 5.04. The van der Waals surface area contributed by atoms with E-state index in [1.54, 1.807) is 4.90 Å². The lowest BCUT2D eigenvalue weighted by atomic mass is 9.98. The Bertz CT molecular complexity index is 1020. The molecule has 5 rings (SSSR count). The number of benzene rings is 2. The Hall–Kier alpha value is -3.35. The largest absolute Gasteiger partial charge is 0.481 e. The van der Waals surface area contributed by atoms with Crippen molar-refractivity contribution >= 4 is 18.0 Å². The van der Waals surface area contributed by atoms with Crippen LogP contribution in [0.3, 0.4) is 0 Å². The van der Waals surface area contributed by atoms with E-state index in [0.717, 1.165) is 6.42 Å². The molecule has 32 heavy (non-hydrogen) atoms. The van der Waals surface area contributed by atoms with Crippen molar-refractivity contribution in [3.8, 4) is 11.1 Å². The van der Waals surface area contributed by atoms with Crippen molar-refractivity contribution in [3.05, 3.63) is 59.7 Å². The van der Waals surface area contributed by atoms with Gasteiger partial charge in [-0.2, -0.15) is 0 Å². The van der Waals surface area contributed by atoms with Gasteiger partial charge in [-0.15, -0.1) is 0 Å². The number of likely N-dealkylation sites (tertiary alicyclic amines) is 1. The molecular weight excluding hydrogens is 408 g/mol. The van der Waals surface area contributed by atoms with Crippen LogP contribution < -0.4 is 5.32 Å². The minimum Gasteiger partial charge on any atom is -0.481 e. The summed E-state index contributed by atoms with van der Waals surface area (Å²) in [6, 6.07) is 16.4. The summed E-state index contributed by atoms with van der Waals surface area (Å²) in [4.78, 5) is 37.6. The number of hydrogen-bond donors (Lipinski definition) is 2. The van der Waals surface area contributed by atoms with Crippen LogP contribution in [0.1, 0.15) is 29.9 Å². The van der Waals surface area contributed by atoms with Gasteiger partial charge in [-0.3, -0.25) is 9.59 Å². The van der Waals surface area contributed by atoms with Crippen molar-refractivity contribution in [1.82, 2.24) is 10.2 Å². The van der Waals surface area contributed by atoms with Crippen molar-refractivity contribution < 1.29 is 24.2 Å². The van der Waals surface area contributed by atoms with E-state index in [0.29, 0.717) is 19.5 Å². The second kappa shape index (κ2) is 8.30. The molecule has 2 aromatic rings. The highest BCUT2D eigenvalue weighted by Gasteiger charge is 2.46. The molecule has 2 aromatic carbocycles. The first kappa shape index (κ1) is 20.5. The summed E-state index contributed by atoms with van der Waals surface area (Å²) in [5, 5.41) is 11.9. The van der Waals surface area contributed by atoms with Crippen LogP contribution in [0.5, 0.6) is 0 Å². The highest BCUT2D eigenvalue weighted by molar-refractivity contribution is 5.83. The van der Waals surface area contributed by atoms with Gasteiger partial charge in [0.25, 0.3) is 0 Å². The number of rotatable bonds is 6. The molecule has 1 heterocycles. The highest BCUT2D eigenvalue weighted by Crippen LogP contribution is 2.44. The molecule has 1 unspecified atom stereocenters. The van der Waals surface area contributed by atoms with Crippen LogP contribution in [0, 0.1) is 17.8 Å². The molecular formula is C25H26N2O5. The molecule has 7 nitrogen and oxygen atoms in total. The Kier molecular flexibility index (Phi) is 5.33. The summed E-state index contributed by atoms with van der Waals surface area (Å²) in [5.74, 6) is -1.32. The number of fused-ring (bicyclic) bond motifs is 3. The van der Waals surface area contributed by atoms with Gasteiger partial charge in [-0.05, 0) is 41.0 Å². The van der Waals surface area contributed by atoms with E-state index in [1.807, 2.05) is 24.3 Å². The van der Waals surface area contributed by atoms with E-state index >= 15 is 0 Å². The first-order valence-electron chi connectivity index (χ1n) is 11.1. The molecule has 7 heteroatoms. The number of nitrogens with zero attached hydrogens (tertiary/aromatic N) is 1. The maximum Gasteiger partial charge on any atom is 0.407 e. The second-order valence-electron chi connectivity index (χ2n) is 8.92. The van der Waals surface area contributed by atoms with Crippen molar-refractivity contribution in [3.63, 3.8) is 0 Å². The number of carboxylic acid groups (broad SMARTS) is 1. The third-order valence-electron chi connectivity index (χ3n) is 6.94. The lowest BCUT2D eigenvalue weighted by molar-refractivity contribution is -0.141. The van der Waals surface area contributed by atoms with E-state index in [9.17, 15) is 14.4 Å². The van der Waals surface area contributed by atoms with Gasteiger partial charge >= 0.3 is 12.1 Å². The highest BCUT2D eigenvalue weighted by atomic mass is 16.5. The summed E-state index contributed by atoms with van der Waals surface area (Å²) in [6.45, 7) is 1.44. The Morgan fingerprint density at radius 1 is 1.03 bits per heavy atom. The summed E-state index contributed by atoms with van der Waals surface area (Å²) in [7, 11) is 0. The monoisotopic (exact) mass is 434 g/mol. The van der Waals surface area contributed by atoms with Crippen molar-refractivity contribution in [2.45, 2.75) is 18.8 Å². The minimum absolute atomic E-state index is 0.00749. The summed E-state index contributed by atoms with van der Waals surface area (Å²) in [5.41, 5.74) is 4.70. The molecule has 1 saturated heterocycles. The number of carbonyl (C=O) groups is 3. The lowest BCUT2D eigenvalue weighted by Gasteiger charge is -2.16. The van der Waals surface area contributed by atoms with Crippen LogP contribution in [0.2, 0.25) is 0 Å². The van der Waals surface area contributed by atoms with Crippen LogP contribution in [-0.4, -0.2) is 54.2 Å². The average Bonchev–Trinajstić information content (AvgIpc) is 3.27. The summed E-state index contributed by atoms with van der Waals surface area (Å²) in [6.07, 6.45) is 0.754. The van der Waals surface area contributed by atoms with Crippen LogP contribution in [0.25, 0.3) is 11.1 Å². The topological polar surface area (TPSA) is 95.9 Å². The molecule has 1 saturated carbocycles. The predicted octanol–water partition coefficient (Wildman–Crippen LogP) is 3.09. The number of amides is 2. The second-order valence-corrected chi connectivity index (χ2v) is 8.92. The third kappa shape index (κ3) is 3.83. The number of nitrogens with one attached hydrogen (secondary N) is 1. The van der Waals surface area contributed by atoms with Gasteiger partial charge in [0.15, 0.2) is 0 Å². The first-order valence-corrected chi connectivity index (χ1v) is 11.1. The van der Waals surface area contributed by atoms with Crippen molar-refractivity contribution in [2.24, 2.45) is 17.8 Å². The number of alkyl carbamates (subject to hydrolysis) is 1. The van der Waals surface area contributed by atoms with Crippen LogP contribution in [0.15, 0.2) is 48.5 Å². The van der Waals surface area contributed by atoms with Gasteiger partial charge in [-0.1, -0.05) is 48.5 Å². The maximum atomic E-state index is 12.6. The fraction of sp³-hybridized carbons (Fsp3) is 0.400. The Morgan fingerprint density at radius 3 is 2.31 bits per heavy atom. The molecule has 0 radical (unpaired) electrons. The van der Waals surface area contributed by atoms with Gasteiger partial charge in [0.1, 0.15) is 6.61 Å². The first-order chi connectivity index (χ1) is 15.5. The predicted molar refractivity (Wildman–Crippen MR) is 117 cm³/mol. The molecule has 3 aliphatic rings. The van der Waals surface area contributed by atoms with Crippen LogP contribution >= 0.6 is 0 Å². The van der Waals surface area contributed by atoms with Crippen LogP contribution in [-0.2, 0) is 14.3 Å². The van der Waals surface area contributed by atoms with E-state index in [2.05, 4.69) is 29.6 Å². The van der Waals surface area contributed by atoms with Crippen LogP contribution in [0.4, 0.5) is 4.79 Å². The lowest BCUT2D eigenvalue weighted by Crippen LogP contribution is -2.33. The average molecular weight is 434 g/mol. The number of ether oxygens (including phenoxy) is 1. The zero-order valence-corrected chi connectivity index (χ0v) is 17.7. The molecule has 0 spiro atoms. The molecule has 2 N–H and O–H groups in total. The van der Waals surface area contributed by atoms with E-state index in [4.69, 9.17) is 9.84 Å². The van der Waals surface area contributed by atoms with Gasteiger partial charge in [0, 0.05) is 31.5 Å². The summed E-state index contributed by atoms with van der Waals surface area (Å²) < 4.78 is 5.54. The summed E-state index contributed by atoms with van der Waals surface area (Å²) >= 11 is 0. The quantitative estimate of drug-likeness (QED) is 0.728. The Balaban J connectivity index is 1.10. The zero-order valence-electron chi connectivity index (χ0n) is 17.7. The molecule has 2 fully saturated rings. The molecule has 0 aromatic heterocycles. The van der Waals surface area contributed by atoms with E-state index < -0.39 is 18.0 Å². The fourth-order valence-electron chi connectivity index (χ4n) is 5.04. The molecule has 0 bridgehead atoms. The maximum absolute atomic E-state index is 12.6. The molecule has 2 aliphatic carbocycles. The molecule has 1 aliphatic heterocycles. The molecule has 166 valence electrons. The van der Waals surface area contributed by atoms with Gasteiger partial charge < -0.3 is 20.1 Å². The SMILES string of the molecule is O=C(NC[C@H]1C[C@H]1C(=O)N1CCC(C(=O)O)C1)OCC1c2ccccc2-c2ccccc21. The smallest absolute Gasteiger partial charge is 0.407 e. The Morgan fingerprint density at radius 2 is 1.69 bits per heavy atom. The van der Waals surface area contributed by atoms with E-state index in [1.165, 1.54) is 22.3 Å². The van der Waals surface area contributed by atoms with Gasteiger partial charge in [-0.25, -0.2) is 4.79 Å². The Labute approximate surface area is 186 Å². The van der Waals surface area contributed by atoms with Crippen molar-refractivity contribution in [2.75, 3.05) is 26.2 Å². The number of aliphatic carboxylic acids is 1. The minimum atomic E-state index is -0.843. The van der Waals surface area contributed by atoms with Gasteiger partial charge in [0.05, 0.1) is 5.92 Å². The molecule has 3 atom stereocenters. The number of hydrogen-bond acceptors (Lipinski definition) is 4. The zero-order chi connectivity index (χ0) is 22.2. The number of carboxylic acids is 1.